The molecule has 4 rings (SSSR count). The lowest BCUT2D eigenvalue weighted by atomic mass is 10.1. The average molecular weight is 346 g/mol. The minimum Gasteiger partial charge on any atom is -0.381 e. The maximum absolute atomic E-state index is 12.7. The molecule has 24 heavy (non-hydrogen) atoms. The van der Waals surface area contributed by atoms with Crippen LogP contribution in [0.2, 0.25) is 5.15 Å². The Hall–Kier alpha value is -1.85. The molecule has 126 valence electrons. The zero-order valence-electron chi connectivity index (χ0n) is 13.4. The van der Waals surface area contributed by atoms with Crippen LogP contribution in [-0.4, -0.2) is 46.0 Å². The molecule has 1 saturated heterocycles. The van der Waals surface area contributed by atoms with E-state index in [1.165, 1.54) is 0 Å². The molecule has 0 unspecified atom stereocenters. The molecule has 1 saturated carbocycles. The molecule has 0 aromatic carbocycles. The molecule has 1 aliphatic carbocycles. The summed E-state index contributed by atoms with van der Waals surface area (Å²) in [7, 11) is 0. The van der Waals surface area contributed by atoms with Crippen molar-refractivity contribution < 1.29 is 9.53 Å². The van der Waals surface area contributed by atoms with Crippen molar-refractivity contribution in [2.24, 2.45) is 5.92 Å². The van der Waals surface area contributed by atoms with Crippen LogP contribution < -0.4 is 0 Å². The number of nitrogens with zero attached hydrogens (tertiary/aromatic N) is 3. The van der Waals surface area contributed by atoms with Crippen molar-refractivity contribution >= 4 is 29.2 Å². The Kier molecular flexibility index (Phi) is 4.29. The van der Waals surface area contributed by atoms with Crippen LogP contribution in [0.25, 0.3) is 11.7 Å². The number of carbonyl (C=O) groups excluding carboxylic acids is 1. The van der Waals surface area contributed by atoms with E-state index < -0.39 is 0 Å². The molecule has 1 atom stereocenters. The van der Waals surface area contributed by atoms with Gasteiger partial charge >= 0.3 is 0 Å². The first kappa shape index (κ1) is 15.7. The van der Waals surface area contributed by atoms with Gasteiger partial charge in [-0.3, -0.25) is 9.20 Å². The highest BCUT2D eigenvalue weighted by Gasteiger charge is 2.33. The number of hydrogen-bond acceptors (Lipinski definition) is 3. The SMILES string of the molecule is O=C(/C=C/c1c(Cl)nc2ccccn12)N(C[C@@H]1CCOC1)C1CC1. The predicted octanol–water partition coefficient (Wildman–Crippen LogP) is 3.03. The summed E-state index contributed by atoms with van der Waals surface area (Å²) < 4.78 is 7.32. The molecule has 2 fully saturated rings. The molecule has 1 amide bonds. The molecule has 2 aliphatic rings. The summed E-state index contributed by atoms with van der Waals surface area (Å²) in [4.78, 5) is 19.0. The van der Waals surface area contributed by atoms with E-state index in [9.17, 15) is 4.79 Å². The van der Waals surface area contributed by atoms with Crippen molar-refractivity contribution in [3.05, 3.63) is 41.3 Å². The number of fused-ring (bicyclic) bond motifs is 1. The summed E-state index contributed by atoms with van der Waals surface area (Å²) in [6.45, 7) is 2.36. The Morgan fingerprint density at radius 2 is 2.29 bits per heavy atom. The Balaban J connectivity index is 1.52. The second-order valence-electron chi connectivity index (χ2n) is 6.50. The maximum atomic E-state index is 12.7. The number of amides is 1. The van der Waals surface area contributed by atoms with E-state index in [4.69, 9.17) is 16.3 Å². The average Bonchev–Trinajstić information content (AvgIpc) is 3.19. The summed E-state index contributed by atoms with van der Waals surface area (Å²) in [6.07, 6.45) is 8.53. The molecule has 1 aliphatic heterocycles. The van der Waals surface area contributed by atoms with E-state index in [1.807, 2.05) is 33.7 Å². The van der Waals surface area contributed by atoms with Crippen molar-refractivity contribution in [2.45, 2.75) is 25.3 Å². The van der Waals surface area contributed by atoms with Gasteiger partial charge in [0.15, 0.2) is 5.15 Å². The van der Waals surface area contributed by atoms with Gasteiger partial charge in [-0.05, 0) is 37.5 Å². The molecule has 2 aromatic heterocycles. The molecule has 3 heterocycles. The van der Waals surface area contributed by atoms with Crippen molar-refractivity contribution in [1.29, 1.82) is 0 Å². The Morgan fingerprint density at radius 3 is 3.04 bits per heavy atom. The van der Waals surface area contributed by atoms with E-state index in [2.05, 4.69) is 4.98 Å². The fourth-order valence-electron chi connectivity index (χ4n) is 3.19. The van der Waals surface area contributed by atoms with E-state index in [0.717, 1.165) is 50.4 Å². The summed E-state index contributed by atoms with van der Waals surface area (Å²) >= 11 is 6.22. The van der Waals surface area contributed by atoms with Crippen LogP contribution in [0, 0.1) is 5.92 Å². The minimum atomic E-state index is 0.0475. The van der Waals surface area contributed by atoms with Gasteiger partial charge in [0.05, 0.1) is 12.3 Å². The van der Waals surface area contributed by atoms with Crippen LogP contribution in [-0.2, 0) is 9.53 Å². The van der Waals surface area contributed by atoms with Gasteiger partial charge in [-0.2, -0.15) is 0 Å². The molecule has 6 heteroatoms. The predicted molar refractivity (Wildman–Crippen MR) is 92.9 cm³/mol. The highest BCUT2D eigenvalue weighted by atomic mass is 35.5. The normalized spacial score (nSPS) is 21.0. The number of rotatable bonds is 5. The van der Waals surface area contributed by atoms with Crippen LogP contribution in [0.5, 0.6) is 0 Å². The number of hydrogen-bond donors (Lipinski definition) is 0. The third-order valence-electron chi connectivity index (χ3n) is 4.66. The Labute approximate surface area is 145 Å². The van der Waals surface area contributed by atoms with Crippen LogP contribution in [0.3, 0.4) is 0 Å². The zero-order chi connectivity index (χ0) is 16.5. The monoisotopic (exact) mass is 345 g/mol. The fourth-order valence-corrected chi connectivity index (χ4v) is 3.43. The minimum absolute atomic E-state index is 0.0475. The van der Waals surface area contributed by atoms with Crippen LogP contribution in [0.15, 0.2) is 30.5 Å². The molecule has 2 aromatic rings. The maximum Gasteiger partial charge on any atom is 0.246 e. The molecule has 0 bridgehead atoms. The first-order valence-corrected chi connectivity index (χ1v) is 8.79. The second kappa shape index (κ2) is 6.57. The Morgan fingerprint density at radius 1 is 1.42 bits per heavy atom. The molecule has 0 spiro atoms. The second-order valence-corrected chi connectivity index (χ2v) is 6.86. The smallest absolute Gasteiger partial charge is 0.246 e. The lowest BCUT2D eigenvalue weighted by Gasteiger charge is -2.23. The van der Waals surface area contributed by atoms with Crippen molar-refractivity contribution in [1.82, 2.24) is 14.3 Å². The number of pyridine rings is 1. The molecular weight excluding hydrogens is 326 g/mol. The van der Waals surface area contributed by atoms with E-state index in [-0.39, 0.29) is 5.91 Å². The summed E-state index contributed by atoms with van der Waals surface area (Å²) in [5.41, 5.74) is 1.51. The summed E-state index contributed by atoms with van der Waals surface area (Å²) in [6, 6.07) is 6.11. The van der Waals surface area contributed by atoms with Gasteiger partial charge in [0.2, 0.25) is 5.91 Å². The number of carbonyl (C=O) groups is 1. The molecular formula is C18H20ClN3O2. The van der Waals surface area contributed by atoms with Crippen molar-refractivity contribution in [2.75, 3.05) is 19.8 Å². The van der Waals surface area contributed by atoms with Gasteiger partial charge in [-0.15, -0.1) is 0 Å². The van der Waals surface area contributed by atoms with Crippen molar-refractivity contribution in [3.8, 4) is 0 Å². The third kappa shape index (κ3) is 3.19. The third-order valence-corrected chi connectivity index (χ3v) is 4.93. The highest BCUT2D eigenvalue weighted by Crippen LogP contribution is 2.29. The number of halogens is 1. The van der Waals surface area contributed by atoms with Crippen LogP contribution in [0.4, 0.5) is 0 Å². The van der Waals surface area contributed by atoms with Gasteiger partial charge in [0, 0.05) is 37.4 Å². The number of aromatic nitrogens is 2. The number of imidazole rings is 1. The van der Waals surface area contributed by atoms with Gasteiger partial charge in [0.1, 0.15) is 5.65 Å². The largest absolute Gasteiger partial charge is 0.381 e. The fraction of sp³-hybridized carbons (Fsp3) is 0.444. The van der Waals surface area contributed by atoms with Gasteiger partial charge in [-0.25, -0.2) is 4.98 Å². The van der Waals surface area contributed by atoms with Crippen LogP contribution in [0.1, 0.15) is 25.0 Å². The standard InChI is InChI=1S/C18H20ClN3O2/c19-18-15(21-9-2-1-3-16(21)20-18)6-7-17(23)22(14-4-5-14)11-13-8-10-24-12-13/h1-3,6-7,9,13-14H,4-5,8,10-12H2/b7-6+/t13-/m0/s1. The van der Waals surface area contributed by atoms with E-state index >= 15 is 0 Å². The zero-order valence-corrected chi connectivity index (χ0v) is 14.2. The summed E-state index contributed by atoms with van der Waals surface area (Å²) in [5, 5.41) is 0.410. The van der Waals surface area contributed by atoms with Gasteiger partial charge in [0.25, 0.3) is 0 Å². The van der Waals surface area contributed by atoms with Crippen LogP contribution >= 0.6 is 11.6 Å². The lowest BCUT2D eigenvalue weighted by molar-refractivity contribution is -0.127. The van der Waals surface area contributed by atoms with Gasteiger partial charge < -0.3 is 9.64 Å². The first-order chi connectivity index (χ1) is 11.7. The molecule has 5 nitrogen and oxygen atoms in total. The quantitative estimate of drug-likeness (QED) is 0.782. The van der Waals surface area contributed by atoms with E-state index in [0.29, 0.717) is 17.1 Å². The molecule has 0 N–H and O–H groups in total. The highest BCUT2D eigenvalue weighted by molar-refractivity contribution is 6.31. The summed E-state index contributed by atoms with van der Waals surface area (Å²) in [5.74, 6) is 0.508. The molecule has 0 radical (unpaired) electrons. The Bertz CT molecular complexity index is 776. The topological polar surface area (TPSA) is 46.8 Å². The first-order valence-electron chi connectivity index (χ1n) is 8.41. The number of ether oxygens (including phenoxy) is 1. The lowest BCUT2D eigenvalue weighted by Crippen LogP contribution is -2.36. The van der Waals surface area contributed by atoms with E-state index in [1.54, 1.807) is 12.2 Å². The van der Waals surface area contributed by atoms with Gasteiger partial charge in [-0.1, -0.05) is 17.7 Å². The van der Waals surface area contributed by atoms with Crippen molar-refractivity contribution in [3.63, 3.8) is 0 Å².